The summed E-state index contributed by atoms with van der Waals surface area (Å²) >= 11 is 1.44. The zero-order valence-corrected chi connectivity index (χ0v) is 15.2. The summed E-state index contributed by atoms with van der Waals surface area (Å²) in [5.74, 6) is -0.00516. The molecule has 1 unspecified atom stereocenters. The second kappa shape index (κ2) is 7.57. The summed E-state index contributed by atoms with van der Waals surface area (Å²) in [5.41, 5.74) is 3.90. The number of rotatable bonds is 4. The van der Waals surface area contributed by atoms with Crippen LogP contribution in [-0.2, 0) is 11.3 Å². The van der Waals surface area contributed by atoms with Crippen LogP contribution in [0.1, 0.15) is 18.1 Å². The smallest absolute Gasteiger partial charge is 0.233 e. The number of amides is 1. The molecule has 0 bridgehead atoms. The van der Waals surface area contributed by atoms with E-state index < -0.39 is 0 Å². The molecule has 3 rings (SSSR count). The molecule has 1 atom stereocenters. The van der Waals surface area contributed by atoms with Gasteiger partial charge in [0.1, 0.15) is 0 Å². The van der Waals surface area contributed by atoms with E-state index >= 15 is 0 Å². The van der Waals surface area contributed by atoms with Gasteiger partial charge >= 0.3 is 0 Å². The number of benzene rings is 2. The lowest BCUT2D eigenvalue weighted by Gasteiger charge is -2.29. The molecule has 0 saturated carbocycles. The van der Waals surface area contributed by atoms with Gasteiger partial charge in [0.15, 0.2) is 5.17 Å². The largest absolute Gasteiger partial charge is 0.351 e. The van der Waals surface area contributed by atoms with Gasteiger partial charge in [0.2, 0.25) is 5.91 Å². The molecule has 1 aliphatic heterocycles. The van der Waals surface area contributed by atoms with Crippen molar-refractivity contribution in [1.29, 1.82) is 0 Å². The van der Waals surface area contributed by atoms with Gasteiger partial charge in [0.25, 0.3) is 0 Å². The average Bonchev–Trinajstić information content (AvgIpc) is 2.64. The number of thioether (sulfide) groups is 1. The van der Waals surface area contributed by atoms with Crippen LogP contribution in [0, 0.1) is 0 Å². The van der Waals surface area contributed by atoms with E-state index in [0.717, 1.165) is 27.7 Å². The van der Waals surface area contributed by atoms with Crippen LogP contribution >= 0.6 is 11.8 Å². The van der Waals surface area contributed by atoms with Crippen LogP contribution in [0.2, 0.25) is 0 Å². The van der Waals surface area contributed by atoms with Crippen molar-refractivity contribution in [2.24, 2.45) is 4.99 Å². The van der Waals surface area contributed by atoms with Crippen LogP contribution in [0.3, 0.4) is 0 Å². The molecule has 128 valence electrons. The molecule has 0 fully saturated rings. The molecule has 25 heavy (non-hydrogen) atoms. The number of nitrogens with one attached hydrogen (secondary N) is 1. The fourth-order valence-corrected chi connectivity index (χ4v) is 3.46. The molecule has 1 amide bonds. The second-order valence-corrected chi connectivity index (χ2v) is 7.19. The van der Waals surface area contributed by atoms with Gasteiger partial charge in [-0.15, -0.1) is 0 Å². The van der Waals surface area contributed by atoms with Crippen molar-refractivity contribution in [2.75, 3.05) is 7.05 Å². The number of carbonyl (C=O) groups is 1. The molecule has 1 N–H and O–H groups in total. The highest BCUT2D eigenvalue weighted by atomic mass is 32.2. The molecule has 0 aliphatic carbocycles. The standard InChI is InChI=1S/C20H21N3OS/c1-14-17-11-7-8-12-18(17)22-20(23(14)3)25-15(2)19(24)21-13-16-9-5-4-6-10-16/h4-12,15H,1,13H2,2-3H3,(H,21,24). The number of fused-ring (bicyclic) bond motifs is 1. The monoisotopic (exact) mass is 351 g/mol. The van der Waals surface area contributed by atoms with Crippen molar-refractivity contribution in [1.82, 2.24) is 10.2 Å². The highest BCUT2D eigenvalue weighted by Crippen LogP contribution is 2.35. The number of aliphatic imine (C=N–C) groups is 1. The fraction of sp³-hybridized carbons (Fsp3) is 0.200. The van der Waals surface area contributed by atoms with Crippen molar-refractivity contribution in [2.45, 2.75) is 18.7 Å². The third kappa shape index (κ3) is 3.94. The Bertz CT molecular complexity index is 817. The zero-order chi connectivity index (χ0) is 17.8. The van der Waals surface area contributed by atoms with E-state index in [9.17, 15) is 4.79 Å². The Morgan fingerprint density at radius 1 is 1.20 bits per heavy atom. The van der Waals surface area contributed by atoms with E-state index in [1.54, 1.807) is 0 Å². The van der Waals surface area contributed by atoms with Crippen molar-refractivity contribution >= 4 is 34.2 Å². The van der Waals surface area contributed by atoms with Crippen molar-refractivity contribution in [3.05, 3.63) is 72.3 Å². The molecular weight excluding hydrogens is 330 g/mol. The molecule has 2 aromatic carbocycles. The summed E-state index contributed by atoms with van der Waals surface area (Å²) in [6, 6.07) is 17.8. The topological polar surface area (TPSA) is 44.7 Å². The number of hydrogen-bond donors (Lipinski definition) is 1. The highest BCUT2D eigenvalue weighted by Gasteiger charge is 2.24. The maximum absolute atomic E-state index is 12.4. The van der Waals surface area contributed by atoms with E-state index in [0.29, 0.717) is 6.54 Å². The SMILES string of the molecule is C=C1c2ccccc2N=C(SC(C)C(=O)NCc2ccccc2)N1C. The molecule has 5 heteroatoms. The molecule has 0 aromatic heterocycles. The third-order valence-electron chi connectivity index (χ3n) is 4.08. The Morgan fingerprint density at radius 2 is 1.88 bits per heavy atom. The minimum Gasteiger partial charge on any atom is -0.351 e. The zero-order valence-electron chi connectivity index (χ0n) is 14.4. The maximum atomic E-state index is 12.4. The van der Waals surface area contributed by atoms with Gasteiger partial charge in [-0.05, 0) is 18.6 Å². The van der Waals surface area contributed by atoms with Crippen molar-refractivity contribution < 1.29 is 4.79 Å². The van der Waals surface area contributed by atoms with Crippen LogP contribution in [0.25, 0.3) is 5.70 Å². The summed E-state index contributed by atoms with van der Waals surface area (Å²) in [5, 5.41) is 3.51. The second-order valence-electron chi connectivity index (χ2n) is 5.88. The van der Waals surface area contributed by atoms with Crippen LogP contribution < -0.4 is 5.32 Å². The number of amidine groups is 1. The molecule has 0 radical (unpaired) electrons. The Morgan fingerprint density at radius 3 is 2.64 bits per heavy atom. The minimum absolute atomic E-state index is 0.00516. The molecule has 2 aromatic rings. The molecule has 1 aliphatic rings. The number of hydrogen-bond acceptors (Lipinski definition) is 4. The quantitative estimate of drug-likeness (QED) is 0.904. The lowest BCUT2D eigenvalue weighted by molar-refractivity contribution is -0.120. The number of carbonyl (C=O) groups excluding carboxylic acids is 1. The molecule has 4 nitrogen and oxygen atoms in total. The van der Waals surface area contributed by atoms with Gasteiger partial charge in [-0.2, -0.15) is 0 Å². The van der Waals surface area contributed by atoms with Crippen LogP contribution in [0.4, 0.5) is 5.69 Å². The molecule has 1 heterocycles. The molecule has 0 saturated heterocycles. The summed E-state index contributed by atoms with van der Waals surface area (Å²) < 4.78 is 0. The molecular formula is C20H21N3OS. The van der Waals surface area contributed by atoms with Gasteiger partial charge in [-0.1, -0.05) is 66.9 Å². The predicted octanol–water partition coefficient (Wildman–Crippen LogP) is 4.03. The van der Waals surface area contributed by atoms with Crippen molar-refractivity contribution in [3.63, 3.8) is 0 Å². The lowest BCUT2D eigenvalue weighted by Crippen LogP contribution is -2.34. The van der Waals surface area contributed by atoms with Crippen LogP contribution in [-0.4, -0.2) is 28.3 Å². The fourth-order valence-electron chi connectivity index (χ4n) is 2.54. The van der Waals surface area contributed by atoms with Gasteiger partial charge in [0, 0.05) is 24.9 Å². The Balaban J connectivity index is 1.66. The average molecular weight is 351 g/mol. The van der Waals surface area contributed by atoms with E-state index in [-0.39, 0.29) is 11.2 Å². The first-order valence-corrected chi connectivity index (χ1v) is 9.03. The summed E-state index contributed by atoms with van der Waals surface area (Å²) in [6.45, 7) is 6.57. The Hall–Kier alpha value is -2.53. The summed E-state index contributed by atoms with van der Waals surface area (Å²) in [7, 11) is 1.93. The van der Waals surface area contributed by atoms with E-state index in [1.807, 2.05) is 73.5 Å². The Kier molecular flexibility index (Phi) is 5.24. The van der Waals surface area contributed by atoms with Crippen LogP contribution in [0.15, 0.2) is 66.2 Å². The van der Waals surface area contributed by atoms with Crippen molar-refractivity contribution in [3.8, 4) is 0 Å². The first kappa shape index (κ1) is 17.3. The van der Waals surface area contributed by atoms with E-state index in [4.69, 9.17) is 0 Å². The number of nitrogens with zero attached hydrogens (tertiary/aromatic N) is 2. The van der Waals surface area contributed by atoms with Gasteiger partial charge in [0.05, 0.1) is 10.9 Å². The van der Waals surface area contributed by atoms with Crippen LogP contribution in [0.5, 0.6) is 0 Å². The normalized spacial score (nSPS) is 14.6. The Labute approximate surface area is 152 Å². The van der Waals surface area contributed by atoms with E-state index in [2.05, 4.69) is 16.9 Å². The van der Waals surface area contributed by atoms with Gasteiger partial charge in [-0.3, -0.25) is 4.79 Å². The summed E-state index contributed by atoms with van der Waals surface area (Å²) in [6.07, 6.45) is 0. The van der Waals surface area contributed by atoms with Gasteiger partial charge < -0.3 is 10.2 Å². The lowest BCUT2D eigenvalue weighted by atomic mass is 10.1. The van der Waals surface area contributed by atoms with Gasteiger partial charge in [-0.25, -0.2) is 4.99 Å². The highest BCUT2D eigenvalue weighted by molar-refractivity contribution is 8.14. The van der Waals surface area contributed by atoms with E-state index in [1.165, 1.54) is 11.8 Å². The number of para-hydroxylation sites is 1. The first-order valence-electron chi connectivity index (χ1n) is 8.15. The first-order chi connectivity index (χ1) is 12.1. The minimum atomic E-state index is -0.247. The maximum Gasteiger partial charge on any atom is 0.233 e. The predicted molar refractivity (Wildman–Crippen MR) is 106 cm³/mol. The molecule has 0 spiro atoms. The summed E-state index contributed by atoms with van der Waals surface area (Å²) in [4.78, 5) is 19.0. The third-order valence-corrected chi connectivity index (χ3v) is 5.23.